The summed E-state index contributed by atoms with van der Waals surface area (Å²) in [5.41, 5.74) is 2.51. The van der Waals surface area contributed by atoms with Crippen molar-refractivity contribution in [2.75, 3.05) is 29.6 Å². The van der Waals surface area contributed by atoms with Gasteiger partial charge < -0.3 is 15.0 Å². The van der Waals surface area contributed by atoms with Gasteiger partial charge in [0.05, 0.1) is 12.2 Å². The summed E-state index contributed by atoms with van der Waals surface area (Å²) in [6.07, 6.45) is 1.99. The lowest BCUT2D eigenvalue weighted by Gasteiger charge is -2.29. The highest BCUT2D eigenvalue weighted by Gasteiger charge is 2.25. The topological polar surface area (TPSA) is 58.6 Å². The van der Waals surface area contributed by atoms with Gasteiger partial charge in [-0.15, -0.1) is 11.8 Å². The summed E-state index contributed by atoms with van der Waals surface area (Å²) in [6, 6.07) is 13.3. The molecule has 1 aliphatic rings. The number of carbonyl (C=O) groups is 2. The molecule has 0 bridgehead atoms. The number of esters is 1. The Kier molecular flexibility index (Phi) is 4.76. The minimum absolute atomic E-state index is 0.0638. The van der Waals surface area contributed by atoms with Crippen molar-refractivity contribution < 1.29 is 14.3 Å². The Hall–Kier alpha value is -2.47. The molecule has 24 heavy (non-hydrogen) atoms. The number of anilines is 2. The Morgan fingerprint density at radius 2 is 2.12 bits per heavy atom. The molecule has 5 nitrogen and oxygen atoms in total. The van der Waals surface area contributed by atoms with Gasteiger partial charge in [0.1, 0.15) is 6.54 Å². The third-order valence-electron chi connectivity index (χ3n) is 3.69. The van der Waals surface area contributed by atoms with E-state index in [1.54, 1.807) is 22.7 Å². The lowest BCUT2D eigenvalue weighted by molar-refractivity contribution is -0.133. The molecule has 0 unspecified atom stereocenters. The first kappa shape index (κ1) is 16.4. The number of benzene rings is 2. The van der Waals surface area contributed by atoms with Gasteiger partial charge in [-0.1, -0.05) is 12.1 Å². The van der Waals surface area contributed by atoms with Gasteiger partial charge in [0.25, 0.3) is 0 Å². The minimum atomic E-state index is -0.356. The predicted molar refractivity (Wildman–Crippen MR) is 95.9 cm³/mol. The third kappa shape index (κ3) is 3.71. The van der Waals surface area contributed by atoms with Gasteiger partial charge in [0.15, 0.2) is 5.75 Å². The molecule has 2 aromatic carbocycles. The summed E-state index contributed by atoms with van der Waals surface area (Å²) in [5, 5.41) is 2.87. The van der Waals surface area contributed by atoms with Crippen molar-refractivity contribution in [1.82, 2.24) is 0 Å². The summed E-state index contributed by atoms with van der Waals surface area (Å²) in [6.45, 7) is 2.08. The van der Waals surface area contributed by atoms with E-state index in [-0.39, 0.29) is 25.0 Å². The Bertz CT molecular complexity index is 792. The van der Waals surface area contributed by atoms with Crippen LogP contribution in [0.5, 0.6) is 5.75 Å². The highest BCUT2D eigenvalue weighted by molar-refractivity contribution is 7.98. The van der Waals surface area contributed by atoms with E-state index in [1.165, 1.54) is 0 Å². The van der Waals surface area contributed by atoms with Gasteiger partial charge in [-0.05, 0) is 49.1 Å². The maximum atomic E-state index is 12.4. The fourth-order valence-electron chi connectivity index (χ4n) is 2.58. The number of rotatable bonds is 4. The molecule has 1 aliphatic heterocycles. The third-order valence-corrected chi connectivity index (χ3v) is 4.41. The first-order chi connectivity index (χ1) is 11.5. The normalized spacial score (nSPS) is 13.2. The molecular weight excluding hydrogens is 324 g/mol. The first-order valence-corrected chi connectivity index (χ1v) is 8.78. The van der Waals surface area contributed by atoms with Crippen LogP contribution in [0.1, 0.15) is 5.56 Å². The van der Waals surface area contributed by atoms with Crippen LogP contribution in [0.4, 0.5) is 11.4 Å². The molecule has 3 rings (SSSR count). The molecule has 6 heteroatoms. The monoisotopic (exact) mass is 342 g/mol. The van der Waals surface area contributed by atoms with Gasteiger partial charge in [0, 0.05) is 10.6 Å². The van der Waals surface area contributed by atoms with Crippen molar-refractivity contribution in [3.63, 3.8) is 0 Å². The fraction of sp³-hybridized carbons (Fsp3) is 0.222. The van der Waals surface area contributed by atoms with Crippen LogP contribution >= 0.6 is 11.8 Å². The molecule has 0 atom stereocenters. The molecule has 1 N–H and O–H groups in total. The van der Waals surface area contributed by atoms with Gasteiger partial charge in [-0.2, -0.15) is 0 Å². The van der Waals surface area contributed by atoms with Crippen molar-refractivity contribution in [3.8, 4) is 5.75 Å². The van der Waals surface area contributed by atoms with Crippen LogP contribution < -0.4 is 15.0 Å². The number of amides is 1. The lowest BCUT2D eigenvalue weighted by atomic mass is 10.1. The molecule has 0 saturated heterocycles. The average Bonchev–Trinajstić information content (AvgIpc) is 2.54. The zero-order valence-electron chi connectivity index (χ0n) is 13.5. The van der Waals surface area contributed by atoms with E-state index in [0.29, 0.717) is 5.75 Å². The highest BCUT2D eigenvalue weighted by atomic mass is 32.2. The number of aryl methyl sites for hydroxylation is 1. The number of thioether (sulfide) groups is 1. The summed E-state index contributed by atoms with van der Waals surface area (Å²) >= 11 is 1.62. The molecule has 124 valence electrons. The van der Waals surface area contributed by atoms with Crippen LogP contribution in [0.2, 0.25) is 0 Å². The second-order valence-corrected chi connectivity index (χ2v) is 6.46. The number of nitrogens with zero attached hydrogens (tertiary/aromatic N) is 1. The Labute approximate surface area is 145 Å². The van der Waals surface area contributed by atoms with Crippen LogP contribution in [0.3, 0.4) is 0 Å². The molecule has 0 aliphatic carbocycles. The lowest BCUT2D eigenvalue weighted by Crippen LogP contribution is -2.41. The van der Waals surface area contributed by atoms with E-state index < -0.39 is 0 Å². The summed E-state index contributed by atoms with van der Waals surface area (Å²) in [4.78, 5) is 26.9. The molecule has 2 aromatic rings. The zero-order valence-corrected chi connectivity index (χ0v) is 14.4. The second kappa shape index (κ2) is 6.97. The molecular formula is C18H18N2O3S. The SMILES string of the molecule is CSc1cccc(NC(=O)CN2CC(=O)Oc3cc(C)ccc32)c1. The second-order valence-electron chi connectivity index (χ2n) is 5.58. The van der Waals surface area contributed by atoms with Gasteiger partial charge >= 0.3 is 5.97 Å². The van der Waals surface area contributed by atoms with Crippen LogP contribution in [-0.2, 0) is 9.59 Å². The minimum Gasteiger partial charge on any atom is -0.423 e. The molecule has 0 spiro atoms. The first-order valence-electron chi connectivity index (χ1n) is 7.55. The van der Waals surface area contributed by atoms with Crippen molar-refractivity contribution in [1.29, 1.82) is 0 Å². The van der Waals surface area contributed by atoms with E-state index >= 15 is 0 Å². The van der Waals surface area contributed by atoms with Crippen LogP contribution in [-0.4, -0.2) is 31.2 Å². The van der Waals surface area contributed by atoms with Crippen molar-refractivity contribution in [2.45, 2.75) is 11.8 Å². The number of fused-ring (bicyclic) bond motifs is 1. The van der Waals surface area contributed by atoms with E-state index in [4.69, 9.17) is 4.74 Å². The molecule has 0 radical (unpaired) electrons. The fourth-order valence-corrected chi connectivity index (χ4v) is 3.04. The number of hydrogen-bond acceptors (Lipinski definition) is 5. The van der Waals surface area contributed by atoms with Gasteiger partial charge in [-0.3, -0.25) is 4.79 Å². The molecule has 0 fully saturated rings. The number of hydrogen-bond donors (Lipinski definition) is 1. The van der Waals surface area contributed by atoms with E-state index in [9.17, 15) is 9.59 Å². The van der Waals surface area contributed by atoms with Crippen LogP contribution in [0.25, 0.3) is 0 Å². The van der Waals surface area contributed by atoms with Gasteiger partial charge in [-0.25, -0.2) is 4.79 Å². The standard InChI is InChI=1S/C18H18N2O3S/c1-12-6-7-15-16(8-12)23-18(22)11-20(15)10-17(21)19-13-4-3-5-14(9-13)24-2/h3-9H,10-11H2,1-2H3,(H,19,21). The molecule has 1 amide bonds. The molecule has 0 aromatic heterocycles. The summed E-state index contributed by atoms with van der Waals surface area (Å²) in [7, 11) is 0. The van der Waals surface area contributed by atoms with Gasteiger partial charge in [0.2, 0.25) is 5.91 Å². The largest absolute Gasteiger partial charge is 0.423 e. The molecule has 1 heterocycles. The molecule has 0 saturated carbocycles. The van der Waals surface area contributed by atoms with Crippen LogP contribution in [0, 0.1) is 6.92 Å². The van der Waals surface area contributed by atoms with Crippen molar-refractivity contribution in [2.24, 2.45) is 0 Å². The van der Waals surface area contributed by atoms with Crippen molar-refractivity contribution in [3.05, 3.63) is 48.0 Å². The number of nitrogens with one attached hydrogen (secondary N) is 1. The summed E-state index contributed by atoms with van der Waals surface area (Å²) in [5.74, 6) is -0.0248. The highest BCUT2D eigenvalue weighted by Crippen LogP contribution is 2.32. The maximum Gasteiger partial charge on any atom is 0.331 e. The smallest absolute Gasteiger partial charge is 0.331 e. The number of carbonyl (C=O) groups excluding carboxylic acids is 2. The summed E-state index contributed by atoms with van der Waals surface area (Å²) < 4.78 is 5.26. The zero-order chi connectivity index (χ0) is 17.1. The predicted octanol–water partition coefficient (Wildman–Crippen LogP) is 3.08. The van der Waals surface area contributed by atoms with E-state index in [0.717, 1.165) is 21.8 Å². The quantitative estimate of drug-likeness (QED) is 0.526. The Morgan fingerprint density at radius 3 is 2.92 bits per heavy atom. The van der Waals surface area contributed by atoms with Crippen molar-refractivity contribution >= 4 is 35.0 Å². The van der Waals surface area contributed by atoms with E-state index in [1.807, 2.05) is 49.6 Å². The Morgan fingerprint density at radius 1 is 1.29 bits per heavy atom. The maximum absolute atomic E-state index is 12.4. The number of ether oxygens (including phenoxy) is 1. The Balaban J connectivity index is 1.73. The average molecular weight is 342 g/mol. The van der Waals surface area contributed by atoms with Crippen LogP contribution in [0.15, 0.2) is 47.4 Å². The van der Waals surface area contributed by atoms with E-state index in [2.05, 4.69) is 5.32 Å².